The fraction of sp³-hybridized carbons (Fsp3) is 0.130. The van der Waals surface area contributed by atoms with Crippen LogP contribution in [0.4, 0.5) is 5.69 Å². The average molecular weight is 430 g/mol. The van der Waals surface area contributed by atoms with E-state index in [1.54, 1.807) is 59.3 Å². The van der Waals surface area contributed by atoms with Gasteiger partial charge in [-0.25, -0.2) is 0 Å². The number of nitrogens with one attached hydrogen (secondary N) is 1. The molecule has 5 rings (SSSR count). The van der Waals surface area contributed by atoms with Crippen LogP contribution in [0.15, 0.2) is 65.3 Å². The van der Waals surface area contributed by atoms with E-state index in [0.29, 0.717) is 40.2 Å². The molecule has 0 unspecified atom stereocenters. The highest BCUT2D eigenvalue weighted by Gasteiger charge is 2.19. The predicted octanol–water partition coefficient (Wildman–Crippen LogP) is 3.78. The maximum atomic E-state index is 12.5. The van der Waals surface area contributed by atoms with Crippen LogP contribution in [-0.2, 0) is 11.3 Å². The Labute approximate surface area is 182 Å². The highest BCUT2D eigenvalue weighted by molar-refractivity contribution is 5.95. The third-order valence-electron chi connectivity index (χ3n) is 4.99. The molecule has 0 aliphatic carbocycles. The van der Waals surface area contributed by atoms with Crippen molar-refractivity contribution in [3.8, 4) is 34.5 Å². The predicted molar refractivity (Wildman–Crippen MR) is 114 cm³/mol. The van der Waals surface area contributed by atoms with Gasteiger partial charge in [-0.3, -0.25) is 9.59 Å². The van der Waals surface area contributed by atoms with Crippen LogP contribution >= 0.6 is 0 Å². The van der Waals surface area contributed by atoms with Crippen LogP contribution in [-0.4, -0.2) is 33.2 Å². The molecule has 1 amide bonds. The van der Waals surface area contributed by atoms with Gasteiger partial charge >= 0.3 is 0 Å². The molecule has 0 saturated carbocycles. The van der Waals surface area contributed by atoms with Crippen molar-refractivity contribution >= 4 is 17.4 Å². The molecule has 0 bridgehead atoms. The Hall–Kier alpha value is -4.40. The summed E-state index contributed by atoms with van der Waals surface area (Å²) in [7, 11) is 0. The molecule has 9 heteroatoms. The van der Waals surface area contributed by atoms with Crippen LogP contribution in [0, 0.1) is 0 Å². The van der Waals surface area contributed by atoms with Gasteiger partial charge in [-0.05, 0) is 61.5 Å². The molecule has 160 valence electrons. The number of ketones is 1. The number of Topliss-reactive ketones (excluding diaryl/α,β-unsaturated/α-hetero) is 1. The highest BCUT2D eigenvalue weighted by Crippen LogP contribution is 2.35. The lowest BCUT2D eigenvalue weighted by Gasteiger charge is -2.08. The molecular formula is C23H18N4O5. The largest absolute Gasteiger partial charge is 0.454 e. The lowest BCUT2D eigenvalue weighted by atomic mass is 10.1. The number of carbonyl (C=O) groups excluding carboxylic acids is 2. The van der Waals surface area contributed by atoms with E-state index >= 15 is 0 Å². The van der Waals surface area contributed by atoms with Crippen LogP contribution in [0.25, 0.3) is 23.0 Å². The number of hydrogen-bond donors (Lipinski definition) is 1. The van der Waals surface area contributed by atoms with Crippen molar-refractivity contribution in [2.24, 2.45) is 0 Å². The Morgan fingerprint density at radius 1 is 1.06 bits per heavy atom. The molecule has 0 saturated heterocycles. The van der Waals surface area contributed by atoms with Gasteiger partial charge in [0, 0.05) is 23.0 Å². The lowest BCUT2D eigenvalue weighted by Crippen LogP contribution is -2.18. The fourth-order valence-corrected chi connectivity index (χ4v) is 3.37. The summed E-state index contributed by atoms with van der Waals surface area (Å²) in [6, 6.07) is 15.8. The summed E-state index contributed by atoms with van der Waals surface area (Å²) in [4.78, 5) is 28.4. The first-order valence-electron chi connectivity index (χ1n) is 9.87. The molecule has 1 aliphatic heterocycles. The second kappa shape index (κ2) is 8.03. The number of anilines is 1. The van der Waals surface area contributed by atoms with Gasteiger partial charge in [0.1, 0.15) is 12.2 Å². The first-order chi connectivity index (χ1) is 15.6. The maximum Gasteiger partial charge on any atom is 0.274 e. The fourth-order valence-electron chi connectivity index (χ4n) is 3.37. The molecule has 0 fully saturated rings. The molecule has 0 spiro atoms. The van der Waals surface area contributed by atoms with E-state index in [0.717, 1.165) is 5.56 Å². The summed E-state index contributed by atoms with van der Waals surface area (Å²) in [5.74, 6) is 1.74. The number of fused-ring (bicyclic) bond motifs is 1. The van der Waals surface area contributed by atoms with E-state index in [-0.39, 0.29) is 25.0 Å². The third kappa shape index (κ3) is 3.83. The minimum absolute atomic E-state index is 0.0282. The Morgan fingerprint density at radius 2 is 1.88 bits per heavy atom. The van der Waals surface area contributed by atoms with E-state index in [1.165, 1.54) is 6.92 Å². The van der Waals surface area contributed by atoms with Crippen LogP contribution < -0.4 is 14.8 Å². The zero-order chi connectivity index (χ0) is 22.1. The van der Waals surface area contributed by atoms with E-state index in [4.69, 9.17) is 14.0 Å². The highest BCUT2D eigenvalue weighted by atomic mass is 16.7. The van der Waals surface area contributed by atoms with E-state index in [2.05, 4.69) is 15.5 Å². The summed E-state index contributed by atoms with van der Waals surface area (Å²) in [6.07, 6.45) is 1.76. The zero-order valence-electron chi connectivity index (χ0n) is 17.1. The van der Waals surface area contributed by atoms with E-state index < -0.39 is 0 Å². The Balaban J connectivity index is 1.30. The van der Waals surface area contributed by atoms with E-state index in [9.17, 15) is 9.59 Å². The van der Waals surface area contributed by atoms with Crippen LogP contribution in [0.5, 0.6) is 11.5 Å². The molecule has 9 nitrogen and oxygen atoms in total. The van der Waals surface area contributed by atoms with E-state index in [1.807, 2.05) is 6.07 Å². The molecule has 0 atom stereocenters. The zero-order valence-corrected chi connectivity index (χ0v) is 17.1. The van der Waals surface area contributed by atoms with Gasteiger partial charge in [0.15, 0.2) is 17.3 Å². The minimum Gasteiger partial charge on any atom is -0.454 e. The van der Waals surface area contributed by atoms with Gasteiger partial charge in [0.2, 0.25) is 18.5 Å². The van der Waals surface area contributed by atoms with Crippen LogP contribution in [0.2, 0.25) is 0 Å². The number of carbonyl (C=O) groups is 2. The molecule has 2 aromatic carbocycles. The number of benzene rings is 2. The van der Waals surface area contributed by atoms with Crippen molar-refractivity contribution in [3.05, 3.63) is 66.4 Å². The smallest absolute Gasteiger partial charge is 0.274 e. The quantitative estimate of drug-likeness (QED) is 0.464. The Bertz CT molecular complexity index is 1310. The first-order valence-corrected chi connectivity index (χ1v) is 9.87. The summed E-state index contributed by atoms with van der Waals surface area (Å²) in [5, 5.41) is 6.87. The minimum atomic E-state index is -0.228. The molecule has 4 aromatic rings. The van der Waals surface area contributed by atoms with Crippen molar-refractivity contribution in [2.45, 2.75) is 13.5 Å². The number of nitrogens with zero attached hydrogens (tertiary/aromatic N) is 3. The van der Waals surface area contributed by atoms with Crippen molar-refractivity contribution < 1.29 is 23.6 Å². The maximum absolute atomic E-state index is 12.5. The Morgan fingerprint density at radius 3 is 2.69 bits per heavy atom. The number of hydrogen-bond acceptors (Lipinski definition) is 7. The normalized spacial score (nSPS) is 12.0. The van der Waals surface area contributed by atoms with Crippen molar-refractivity contribution in [3.63, 3.8) is 0 Å². The number of ether oxygens (including phenoxy) is 2. The molecule has 3 heterocycles. The van der Waals surface area contributed by atoms with Crippen molar-refractivity contribution in [2.75, 3.05) is 12.1 Å². The second-order valence-electron chi connectivity index (χ2n) is 7.19. The molecular weight excluding hydrogens is 412 g/mol. The monoisotopic (exact) mass is 430 g/mol. The summed E-state index contributed by atoms with van der Waals surface area (Å²) in [5.41, 5.74) is 2.54. The van der Waals surface area contributed by atoms with Crippen molar-refractivity contribution in [1.29, 1.82) is 0 Å². The standard InChI is InChI=1S/C23H18N4O5/c1-14(28)15-4-7-17(8-5-15)24-21(29)12-27-10-2-3-18(27)23-25-22(26-32-23)16-6-9-19-20(11-16)31-13-30-19/h2-11H,12-13H2,1H3,(H,24,29). The molecule has 32 heavy (non-hydrogen) atoms. The van der Waals surface area contributed by atoms with Gasteiger partial charge in [0.25, 0.3) is 5.89 Å². The van der Waals surface area contributed by atoms with Gasteiger partial charge in [-0.15, -0.1) is 0 Å². The first kappa shape index (κ1) is 19.6. The molecule has 0 radical (unpaired) electrons. The van der Waals surface area contributed by atoms with Crippen LogP contribution in [0.1, 0.15) is 17.3 Å². The van der Waals surface area contributed by atoms with Crippen molar-refractivity contribution in [1.82, 2.24) is 14.7 Å². The molecule has 1 aliphatic rings. The van der Waals surface area contributed by atoms with Gasteiger partial charge in [0.05, 0.1) is 0 Å². The third-order valence-corrected chi connectivity index (χ3v) is 4.99. The average Bonchev–Trinajstić information content (AvgIpc) is 3.53. The summed E-state index contributed by atoms with van der Waals surface area (Å²) in [6.45, 7) is 1.74. The SMILES string of the molecule is CC(=O)c1ccc(NC(=O)Cn2cccc2-c2nc(-c3ccc4c(c3)OCO4)no2)cc1. The lowest BCUT2D eigenvalue weighted by molar-refractivity contribution is -0.116. The molecule has 1 N–H and O–H groups in total. The molecule has 2 aromatic heterocycles. The van der Waals surface area contributed by atoms with Gasteiger partial charge in [-0.2, -0.15) is 4.98 Å². The topological polar surface area (TPSA) is 108 Å². The summed E-state index contributed by atoms with van der Waals surface area (Å²) < 4.78 is 17.9. The van der Waals surface area contributed by atoms with Gasteiger partial charge in [-0.1, -0.05) is 5.16 Å². The number of rotatable bonds is 6. The summed E-state index contributed by atoms with van der Waals surface area (Å²) >= 11 is 0. The van der Waals surface area contributed by atoms with Crippen LogP contribution in [0.3, 0.4) is 0 Å². The number of aromatic nitrogens is 3. The van der Waals surface area contributed by atoms with Gasteiger partial charge < -0.3 is 23.9 Å². The number of amides is 1. The Kier molecular flexibility index (Phi) is 4.91. The second-order valence-corrected chi connectivity index (χ2v) is 7.19.